The summed E-state index contributed by atoms with van der Waals surface area (Å²) in [6, 6.07) is 2.22. The smallest absolute Gasteiger partial charge is 0.387 e. The Morgan fingerprint density at radius 3 is 2.50 bits per heavy atom. The van der Waals surface area contributed by atoms with Crippen LogP contribution >= 0.6 is 0 Å². The third-order valence-electron chi connectivity index (χ3n) is 2.37. The van der Waals surface area contributed by atoms with E-state index in [0.717, 1.165) is 6.07 Å². The standard InChI is InChI=1S/C11H10F2O5/c1-5-6(4-14)2-3-7(18-11(12)13)8(5)9(15)10(16)17/h2-4,9,11,15H,1H3,(H,16,17). The maximum atomic E-state index is 12.2. The molecular weight excluding hydrogens is 250 g/mol. The van der Waals surface area contributed by atoms with E-state index in [2.05, 4.69) is 4.74 Å². The van der Waals surface area contributed by atoms with Crippen LogP contribution in [0.1, 0.15) is 27.6 Å². The maximum absolute atomic E-state index is 12.2. The van der Waals surface area contributed by atoms with Crippen molar-refractivity contribution in [2.75, 3.05) is 0 Å². The molecular formula is C11H10F2O5. The largest absolute Gasteiger partial charge is 0.479 e. The fourth-order valence-corrected chi connectivity index (χ4v) is 1.51. The van der Waals surface area contributed by atoms with Gasteiger partial charge in [-0.3, -0.25) is 4.79 Å². The van der Waals surface area contributed by atoms with Crippen LogP contribution in [0.4, 0.5) is 8.78 Å². The molecule has 0 saturated heterocycles. The van der Waals surface area contributed by atoms with Gasteiger partial charge in [0.1, 0.15) is 12.0 Å². The third kappa shape index (κ3) is 2.80. The molecule has 0 heterocycles. The fraction of sp³-hybridized carbons (Fsp3) is 0.273. The van der Waals surface area contributed by atoms with Crippen LogP contribution in [0, 0.1) is 6.92 Å². The van der Waals surface area contributed by atoms with Gasteiger partial charge in [0.15, 0.2) is 6.10 Å². The first-order valence-electron chi connectivity index (χ1n) is 4.82. The van der Waals surface area contributed by atoms with Crippen LogP contribution in [0.3, 0.4) is 0 Å². The number of aliphatic hydroxyl groups is 1. The molecule has 0 bridgehead atoms. The molecule has 1 aromatic rings. The summed E-state index contributed by atoms with van der Waals surface area (Å²) >= 11 is 0. The van der Waals surface area contributed by atoms with Gasteiger partial charge < -0.3 is 14.9 Å². The highest BCUT2D eigenvalue weighted by Crippen LogP contribution is 2.31. The molecule has 98 valence electrons. The number of aliphatic hydroxyl groups excluding tert-OH is 1. The van der Waals surface area contributed by atoms with E-state index in [0.29, 0.717) is 6.29 Å². The molecule has 1 aromatic carbocycles. The summed E-state index contributed by atoms with van der Waals surface area (Å²) in [6.07, 6.45) is -1.61. The molecule has 5 nitrogen and oxygen atoms in total. The fourth-order valence-electron chi connectivity index (χ4n) is 1.51. The van der Waals surface area contributed by atoms with E-state index in [1.54, 1.807) is 0 Å². The van der Waals surface area contributed by atoms with Crippen LogP contribution < -0.4 is 4.74 Å². The number of aliphatic carboxylic acids is 1. The van der Waals surface area contributed by atoms with Crippen molar-refractivity contribution in [2.24, 2.45) is 0 Å². The lowest BCUT2D eigenvalue weighted by Gasteiger charge is -2.16. The molecule has 0 aromatic heterocycles. The van der Waals surface area contributed by atoms with Crippen LogP contribution in [-0.4, -0.2) is 29.1 Å². The van der Waals surface area contributed by atoms with Crippen molar-refractivity contribution in [3.63, 3.8) is 0 Å². The number of aldehydes is 1. The van der Waals surface area contributed by atoms with Crippen molar-refractivity contribution in [1.82, 2.24) is 0 Å². The van der Waals surface area contributed by atoms with E-state index in [1.807, 2.05) is 0 Å². The molecule has 0 aliphatic rings. The number of halogens is 2. The zero-order chi connectivity index (χ0) is 13.9. The minimum Gasteiger partial charge on any atom is -0.479 e. The highest BCUT2D eigenvalue weighted by Gasteiger charge is 2.25. The molecule has 0 aliphatic carbocycles. The van der Waals surface area contributed by atoms with Crippen LogP contribution in [-0.2, 0) is 4.79 Å². The quantitative estimate of drug-likeness (QED) is 0.784. The van der Waals surface area contributed by atoms with Crippen LogP contribution in [0.15, 0.2) is 12.1 Å². The monoisotopic (exact) mass is 260 g/mol. The minimum absolute atomic E-state index is 0.0815. The van der Waals surface area contributed by atoms with Gasteiger partial charge in [-0.25, -0.2) is 4.79 Å². The Hall–Kier alpha value is -2.02. The molecule has 2 N–H and O–H groups in total. The van der Waals surface area contributed by atoms with Crippen LogP contribution in [0.25, 0.3) is 0 Å². The molecule has 1 rings (SSSR count). The molecule has 0 aliphatic heterocycles. The number of carbonyl (C=O) groups is 2. The lowest BCUT2D eigenvalue weighted by molar-refractivity contribution is -0.147. The minimum atomic E-state index is -3.16. The number of hydrogen-bond donors (Lipinski definition) is 2. The highest BCUT2D eigenvalue weighted by molar-refractivity contribution is 5.82. The van der Waals surface area contributed by atoms with E-state index < -0.39 is 24.4 Å². The zero-order valence-electron chi connectivity index (χ0n) is 9.26. The molecule has 18 heavy (non-hydrogen) atoms. The summed E-state index contributed by atoms with van der Waals surface area (Å²) in [5.74, 6) is -2.09. The van der Waals surface area contributed by atoms with Gasteiger partial charge in [0.2, 0.25) is 0 Å². The van der Waals surface area contributed by atoms with Gasteiger partial charge in [-0.15, -0.1) is 0 Å². The van der Waals surface area contributed by atoms with Crippen molar-refractivity contribution >= 4 is 12.3 Å². The number of rotatable bonds is 5. The second-order valence-electron chi connectivity index (χ2n) is 3.43. The molecule has 0 spiro atoms. The lowest BCUT2D eigenvalue weighted by Crippen LogP contribution is -2.16. The number of benzene rings is 1. The summed E-state index contributed by atoms with van der Waals surface area (Å²) in [7, 11) is 0. The highest BCUT2D eigenvalue weighted by atomic mass is 19.3. The van der Waals surface area contributed by atoms with Crippen molar-refractivity contribution in [1.29, 1.82) is 0 Å². The van der Waals surface area contributed by atoms with Crippen molar-refractivity contribution < 1.29 is 33.3 Å². The van der Waals surface area contributed by atoms with Crippen molar-refractivity contribution in [3.8, 4) is 5.75 Å². The van der Waals surface area contributed by atoms with Crippen molar-refractivity contribution in [3.05, 3.63) is 28.8 Å². The van der Waals surface area contributed by atoms with Gasteiger partial charge >= 0.3 is 12.6 Å². The number of ether oxygens (including phenoxy) is 1. The number of carboxylic acids is 1. The number of carboxylic acid groups (broad SMARTS) is 1. The molecule has 7 heteroatoms. The summed E-state index contributed by atoms with van der Waals surface area (Å²) in [6.45, 7) is -1.82. The second kappa shape index (κ2) is 5.54. The number of hydrogen-bond acceptors (Lipinski definition) is 4. The Morgan fingerprint density at radius 1 is 1.44 bits per heavy atom. The lowest BCUT2D eigenvalue weighted by atomic mass is 9.97. The van der Waals surface area contributed by atoms with E-state index in [9.17, 15) is 23.5 Å². The first kappa shape index (κ1) is 14.0. The molecule has 0 saturated carbocycles. The van der Waals surface area contributed by atoms with E-state index >= 15 is 0 Å². The van der Waals surface area contributed by atoms with Gasteiger partial charge in [-0.1, -0.05) is 0 Å². The number of carbonyl (C=O) groups excluding carboxylic acids is 1. The van der Waals surface area contributed by atoms with Gasteiger partial charge in [-0.2, -0.15) is 8.78 Å². The Labute approximate surface area is 101 Å². The van der Waals surface area contributed by atoms with Crippen molar-refractivity contribution in [2.45, 2.75) is 19.6 Å². The molecule has 0 amide bonds. The molecule has 1 atom stereocenters. The Balaban J connectivity index is 3.39. The second-order valence-corrected chi connectivity index (χ2v) is 3.43. The normalized spacial score (nSPS) is 12.3. The van der Waals surface area contributed by atoms with Gasteiger partial charge in [-0.05, 0) is 24.6 Å². The van der Waals surface area contributed by atoms with Crippen LogP contribution in [0.5, 0.6) is 5.75 Å². The molecule has 1 unspecified atom stereocenters. The Bertz CT molecular complexity index is 473. The molecule has 0 fully saturated rings. The van der Waals surface area contributed by atoms with Gasteiger partial charge in [0.25, 0.3) is 0 Å². The third-order valence-corrected chi connectivity index (χ3v) is 2.37. The Kier molecular flexibility index (Phi) is 4.33. The SMILES string of the molecule is Cc1c(C=O)ccc(OC(F)F)c1C(O)C(=O)O. The summed E-state index contributed by atoms with van der Waals surface area (Å²) < 4.78 is 28.4. The van der Waals surface area contributed by atoms with Gasteiger partial charge in [0, 0.05) is 11.1 Å². The summed E-state index contributed by atoms with van der Waals surface area (Å²) in [5, 5.41) is 18.2. The number of alkyl halides is 2. The van der Waals surface area contributed by atoms with E-state index in [4.69, 9.17) is 5.11 Å². The zero-order valence-corrected chi connectivity index (χ0v) is 9.26. The predicted octanol–water partition coefficient (Wildman–Crippen LogP) is 1.53. The summed E-state index contributed by atoms with van der Waals surface area (Å²) in [4.78, 5) is 21.4. The topological polar surface area (TPSA) is 83.8 Å². The van der Waals surface area contributed by atoms with E-state index in [1.165, 1.54) is 13.0 Å². The van der Waals surface area contributed by atoms with Crippen LogP contribution in [0.2, 0.25) is 0 Å². The Morgan fingerprint density at radius 2 is 2.06 bits per heavy atom. The average Bonchev–Trinajstić information content (AvgIpc) is 2.28. The summed E-state index contributed by atoms with van der Waals surface area (Å²) in [5.41, 5.74) is -0.183. The molecule has 0 radical (unpaired) electrons. The predicted molar refractivity (Wildman–Crippen MR) is 55.8 cm³/mol. The maximum Gasteiger partial charge on any atom is 0.387 e. The van der Waals surface area contributed by atoms with Gasteiger partial charge in [0.05, 0.1) is 0 Å². The first-order valence-corrected chi connectivity index (χ1v) is 4.82. The van der Waals surface area contributed by atoms with E-state index in [-0.39, 0.29) is 16.7 Å². The first-order chi connectivity index (χ1) is 8.38. The average molecular weight is 260 g/mol.